The fourth-order valence-corrected chi connectivity index (χ4v) is 2.59. The van der Waals surface area contributed by atoms with E-state index in [1.165, 1.54) is 6.20 Å². The second kappa shape index (κ2) is 6.00. The Hall–Kier alpha value is -2.64. The zero-order valence-corrected chi connectivity index (χ0v) is 12.1. The average Bonchev–Trinajstić information content (AvgIpc) is 3.14. The first-order chi connectivity index (χ1) is 10.6. The van der Waals surface area contributed by atoms with E-state index >= 15 is 0 Å². The lowest BCUT2D eigenvalue weighted by Gasteiger charge is -2.14. The summed E-state index contributed by atoms with van der Waals surface area (Å²) in [7, 11) is 0. The minimum absolute atomic E-state index is 0.117. The maximum Gasteiger partial charge on any atom is 0.252 e. The van der Waals surface area contributed by atoms with E-state index in [0.717, 1.165) is 37.1 Å². The second-order valence-electron chi connectivity index (χ2n) is 5.33. The fourth-order valence-electron chi connectivity index (χ4n) is 2.59. The maximum atomic E-state index is 12.1. The van der Waals surface area contributed by atoms with Crippen molar-refractivity contribution in [1.29, 1.82) is 0 Å². The van der Waals surface area contributed by atoms with E-state index in [4.69, 9.17) is 5.73 Å². The van der Waals surface area contributed by atoms with E-state index in [-0.39, 0.29) is 18.9 Å². The van der Waals surface area contributed by atoms with Crippen molar-refractivity contribution in [2.45, 2.75) is 19.3 Å². The van der Waals surface area contributed by atoms with Crippen LogP contribution in [0, 0.1) is 0 Å². The molecule has 22 heavy (non-hydrogen) atoms. The predicted molar refractivity (Wildman–Crippen MR) is 81.5 cm³/mol. The number of fused-ring (bicyclic) bond motifs is 1. The molecule has 2 amide bonds. The lowest BCUT2D eigenvalue weighted by atomic mass is 10.2. The topological polar surface area (TPSA) is 117 Å². The van der Waals surface area contributed by atoms with Gasteiger partial charge in [-0.25, -0.2) is 4.98 Å². The number of aromatic nitrogens is 3. The van der Waals surface area contributed by atoms with Gasteiger partial charge in [0, 0.05) is 32.3 Å². The van der Waals surface area contributed by atoms with E-state index < -0.39 is 5.91 Å². The van der Waals surface area contributed by atoms with Crippen molar-refractivity contribution in [2.75, 3.05) is 24.5 Å². The van der Waals surface area contributed by atoms with Crippen LogP contribution in [0.2, 0.25) is 0 Å². The van der Waals surface area contributed by atoms with Crippen LogP contribution in [0.4, 0.5) is 5.82 Å². The van der Waals surface area contributed by atoms with Crippen LogP contribution in [0.5, 0.6) is 0 Å². The van der Waals surface area contributed by atoms with Crippen LogP contribution in [0.15, 0.2) is 12.3 Å². The Morgan fingerprint density at radius 1 is 1.36 bits per heavy atom. The van der Waals surface area contributed by atoms with Gasteiger partial charge in [0.25, 0.3) is 5.91 Å². The minimum atomic E-state index is -0.444. The number of anilines is 1. The van der Waals surface area contributed by atoms with Gasteiger partial charge in [0.2, 0.25) is 5.91 Å². The van der Waals surface area contributed by atoms with Gasteiger partial charge in [0.05, 0.1) is 10.9 Å². The lowest BCUT2D eigenvalue weighted by Crippen LogP contribution is -2.28. The highest BCUT2D eigenvalue weighted by Gasteiger charge is 2.19. The summed E-state index contributed by atoms with van der Waals surface area (Å²) in [5, 5.41) is 10.7. The quantitative estimate of drug-likeness (QED) is 0.727. The molecule has 0 aromatic carbocycles. The second-order valence-corrected chi connectivity index (χ2v) is 5.33. The number of H-pyrrole nitrogens is 1. The Balaban J connectivity index is 1.80. The first-order valence-electron chi connectivity index (χ1n) is 7.31. The van der Waals surface area contributed by atoms with Crippen LogP contribution < -0.4 is 16.0 Å². The average molecular weight is 302 g/mol. The number of aromatic amines is 1. The van der Waals surface area contributed by atoms with Crippen LogP contribution in [-0.2, 0) is 4.79 Å². The van der Waals surface area contributed by atoms with Crippen LogP contribution >= 0.6 is 0 Å². The van der Waals surface area contributed by atoms with Gasteiger partial charge < -0.3 is 16.0 Å². The van der Waals surface area contributed by atoms with E-state index in [1.54, 1.807) is 6.07 Å². The number of amides is 2. The molecular formula is C14H18N6O2. The van der Waals surface area contributed by atoms with Crippen molar-refractivity contribution in [1.82, 2.24) is 20.5 Å². The highest BCUT2D eigenvalue weighted by Crippen LogP contribution is 2.26. The summed E-state index contributed by atoms with van der Waals surface area (Å²) in [5.74, 6) is 0.121. The molecule has 4 N–H and O–H groups in total. The molecule has 0 bridgehead atoms. The minimum Gasteiger partial charge on any atom is -0.370 e. The number of nitrogens with zero attached hydrogens (tertiary/aromatic N) is 3. The molecule has 1 aliphatic heterocycles. The molecule has 1 fully saturated rings. The van der Waals surface area contributed by atoms with Gasteiger partial charge >= 0.3 is 0 Å². The molecule has 3 rings (SSSR count). The first kappa shape index (κ1) is 14.3. The summed E-state index contributed by atoms with van der Waals surface area (Å²) in [6.07, 6.45) is 3.91. The molecule has 0 spiro atoms. The Morgan fingerprint density at radius 3 is 2.86 bits per heavy atom. The summed E-state index contributed by atoms with van der Waals surface area (Å²) in [5.41, 5.74) is 6.15. The summed E-state index contributed by atoms with van der Waals surface area (Å²) in [4.78, 5) is 29.2. The molecule has 2 aromatic rings. The summed E-state index contributed by atoms with van der Waals surface area (Å²) in [6.45, 7) is 2.15. The number of nitrogens with two attached hydrogens (primary N) is 1. The summed E-state index contributed by atoms with van der Waals surface area (Å²) in [6, 6.07) is 1.78. The third-order valence-electron chi connectivity index (χ3n) is 3.72. The monoisotopic (exact) mass is 302 g/mol. The van der Waals surface area contributed by atoms with Gasteiger partial charge in [0.15, 0.2) is 11.5 Å². The number of carbonyl (C=O) groups excluding carboxylic acids is 2. The summed E-state index contributed by atoms with van der Waals surface area (Å²) >= 11 is 0. The highest BCUT2D eigenvalue weighted by atomic mass is 16.2. The van der Waals surface area contributed by atoms with E-state index in [2.05, 4.69) is 25.4 Å². The number of rotatable bonds is 5. The molecule has 0 atom stereocenters. The molecule has 8 nitrogen and oxygen atoms in total. The molecular weight excluding hydrogens is 284 g/mol. The fraction of sp³-hybridized carbons (Fsp3) is 0.429. The van der Waals surface area contributed by atoms with Crippen molar-refractivity contribution in [3.8, 4) is 0 Å². The van der Waals surface area contributed by atoms with Crippen molar-refractivity contribution in [2.24, 2.45) is 5.73 Å². The van der Waals surface area contributed by atoms with E-state index in [0.29, 0.717) is 11.2 Å². The molecule has 116 valence electrons. The molecule has 1 saturated heterocycles. The molecule has 0 radical (unpaired) electrons. The Bertz CT molecular complexity index is 704. The largest absolute Gasteiger partial charge is 0.370 e. The number of carbonyl (C=O) groups is 2. The molecule has 3 heterocycles. The number of primary amides is 1. The molecule has 8 heteroatoms. The molecule has 0 unspecified atom stereocenters. The first-order valence-corrected chi connectivity index (χ1v) is 7.31. The van der Waals surface area contributed by atoms with Crippen molar-refractivity contribution in [3.05, 3.63) is 17.8 Å². The Labute approximate surface area is 127 Å². The van der Waals surface area contributed by atoms with Crippen LogP contribution in [-0.4, -0.2) is 46.6 Å². The molecule has 0 aliphatic carbocycles. The van der Waals surface area contributed by atoms with Gasteiger partial charge in [-0.1, -0.05) is 0 Å². The zero-order valence-electron chi connectivity index (χ0n) is 12.1. The third kappa shape index (κ3) is 2.85. The Kier molecular flexibility index (Phi) is 3.90. The zero-order chi connectivity index (χ0) is 15.5. The van der Waals surface area contributed by atoms with Crippen molar-refractivity contribution >= 4 is 28.7 Å². The van der Waals surface area contributed by atoms with Gasteiger partial charge in [-0.15, -0.1) is 0 Å². The van der Waals surface area contributed by atoms with Gasteiger partial charge in [-0.05, 0) is 18.9 Å². The van der Waals surface area contributed by atoms with E-state index in [9.17, 15) is 9.59 Å². The normalized spacial score (nSPS) is 14.5. The number of nitrogens with one attached hydrogen (secondary N) is 2. The number of hydrogen-bond donors (Lipinski definition) is 3. The maximum absolute atomic E-state index is 12.1. The number of hydrogen-bond acceptors (Lipinski definition) is 5. The third-order valence-corrected chi connectivity index (χ3v) is 3.72. The standard InChI is InChI=1S/C14H18N6O2/c15-11(21)3-4-16-14(22)9-7-10-12(17-8-9)18-19-13(10)20-5-1-2-6-20/h7-8H,1-6H2,(H2,15,21)(H,16,22)(H,17,18,19). The molecule has 0 saturated carbocycles. The van der Waals surface area contributed by atoms with Crippen LogP contribution in [0.25, 0.3) is 11.0 Å². The van der Waals surface area contributed by atoms with E-state index in [1.807, 2.05) is 0 Å². The van der Waals surface area contributed by atoms with Gasteiger partial charge in [-0.3, -0.25) is 14.7 Å². The van der Waals surface area contributed by atoms with Gasteiger partial charge in [-0.2, -0.15) is 5.10 Å². The van der Waals surface area contributed by atoms with Crippen molar-refractivity contribution < 1.29 is 9.59 Å². The van der Waals surface area contributed by atoms with Gasteiger partial charge in [0.1, 0.15) is 0 Å². The SMILES string of the molecule is NC(=O)CCNC(=O)c1cnc2[nH]nc(N3CCCC3)c2c1. The molecule has 2 aromatic heterocycles. The van der Waals surface area contributed by atoms with Crippen LogP contribution in [0.3, 0.4) is 0 Å². The van der Waals surface area contributed by atoms with Crippen molar-refractivity contribution in [3.63, 3.8) is 0 Å². The predicted octanol–water partition coefficient (Wildman–Crippen LogP) is 0.163. The summed E-state index contributed by atoms with van der Waals surface area (Å²) < 4.78 is 0. The Morgan fingerprint density at radius 2 is 2.14 bits per heavy atom. The molecule has 1 aliphatic rings. The van der Waals surface area contributed by atoms with Crippen LogP contribution in [0.1, 0.15) is 29.6 Å². The highest BCUT2D eigenvalue weighted by molar-refractivity contribution is 5.99. The smallest absolute Gasteiger partial charge is 0.252 e. The number of pyridine rings is 1. The lowest BCUT2D eigenvalue weighted by molar-refractivity contribution is -0.117.